The van der Waals surface area contributed by atoms with Gasteiger partial charge in [0.15, 0.2) is 0 Å². The van der Waals surface area contributed by atoms with Crippen molar-refractivity contribution in [2.45, 2.75) is 12.2 Å². The highest BCUT2D eigenvalue weighted by molar-refractivity contribution is 6.01. The molecular formula is C15H12N2O4. The van der Waals surface area contributed by atoms with Crippen molar-refractivity contribution < 1.29 is 14.9 Å². The lowest BCUT2D eigenvalue weighted by molar-refractivity contribution is -0.388. The average molecular weight is 284 g/mol. The first-order valence-corrected chi connectivity index (χ1v) is 6.37. The smallest absolute Gasteiger partial charge is 0.279 e. The molecule has 0 saturated carbocycles. The highest BCUT2D eigenvalue weighted by Crippen LogP contribution is 2.38. The Labute approximate surface area is 120 Å². The Bertz CT molecular complexity index is 715. The maximum absolute atomic E-state index is 11.1. The first kappa shape index (κ1) is 13.3. The second kappa shape index (κ2) is 4.99. The van der Waals surface area contributed by atoms with E-state index in [0.29, 0.717) is 5.71 Å². The summed E-state index contributed by atoms with van der Waals surface area (Å²) in [5, 5.41) is 25.5. The fraction of sp³-hybridized carbons (Fsp3) is 0.133. The van der Waals surface area contributed by atoms with Gasteiger partial charge in [-0.05, 0) is 11.6 Å². The van der Waals surface area contributed by atoms with Gasteiger partial charge in [-0.2, -0.15) is 0 Å². The number of rotatable bonds is 3. The van der Waals surface area contributed by atoms with Crippen LogP contribution in [0, 0.1) is 10.1 Å². The Morgan fingerprint density at radius 3 is 2.52 bits per heavy atom. The second-order valence-corrected chi connectivity index (χ2v) is 4.73. The molecule has 3 rings (SSSR count). The van der Waals surface area contributed by atoms with Crippen molar-refractivity contribution in [1.82, 2.24) is 0 Å². The summed E-state index contributed by atoms with van der Waals surface area (Å²) in [6, 6.07) is 15.2. The van der Waals surface area contributed by atoms with Gasteiger partial charge < -0.3 is 9.94 Å². The summed E-state index contributed by atoms with van der Waals surface area (Å²) in [7, 11) is 0. The van der Waals surface area contributed by atoms with E-state index < -0.39 is 10.7 Å². The number of oxime groups is 1. The molecule has 6 heteroatoms. The quantitative estimate of drug-likeness (QED) is 0.693. The molecule has 0 bridgehead atoms. The molecule has 0 aliphatic carbocycles. The van der Waals surface area contributed by atoms with Crippen LogP contribution >= 0.6 is 0 Å². The van der Waals surface area contributed by atoms with Crippen LogP contribution in [0.3, 0.4) is 0 Å². The van der Waals surface area contributed by atoms with Crippen molar-refractivity contribution in [2.75, 3.05) is 0 Å². The third-order valence-electron chi connectivity index (χ3n) is 3.34. The van der Waals surface area contributed by atoms with Crippen LogP contribution in [-0.2, 0) is 10.6 Å². The maximum Gasteiger partial charge on any atom is 0.279 e. The molecule has 0 spiro atoms. The number of nitrogens with zero attached hydrogens (tertiary/aromatic N) is 2. The van der Waals surface area contributed by atoms with E-state index in [1.54, 1.807) is 12.1 Å². The summed E-state index contributed by atoms with van der Waals surface area (Å²) in [5.74, 6) is -1.81. The van der Waals surface area contributed by atoms with E-state index in [1.807, 2.05) is 30.3 Å². The van der Waals surface area contributed by atoms with Crippen LogP contribution in [0.15, 0.2) is 59.8 Å². The van der Waals surface area contributed by atoms with E-state index in [-0.39, 0.29) is 17.7 Å². The summed E-state index contributed by atoms with van der Waals surface area (Å²) in [5.41, 5.74) is 1.28. The summed E-state index contributed by atoms with van der Waals surface area (Å²) in [6.45, 7) is 0. The highest BCUT2D eigenvalue weighted by atomic mass is 16.7. The van der Waals surface area contributed by atoms with Gasteiger partial charge in [-0.3, -0.25) is 10.1 Å². The van der Waals surface area contributed by atoms with Gasteiger partial charge in [0.25, 0.3) is 11.5 Å². The highest BCUT2D eigenvalue weighted by Gasteiger charge is 2.43. The molecule has 21 heavy (non-hydrogen) atoms. The fourth-order valence-corrected chi connectivity index (χ4v) is 2.32. The standard InChI is InChI=1S/C15H12N2O4/c18-15(12-8-4-5-9-14(12)17(19)20)10-13(16-21-15)11-6-2-1-3-7-11/h1-9,18H,10H2. The Morgan fingerprint density at radius 2 is 1.81 bits per heavy atom. The Hall–Kier alpha value is -2.73. The predicted octanol–water partition coefficient (Wildman–Crippen LogP) is 2.56. The Kier molecular flexibility index (Phi) is 3.15. The molecule has 0 radical (unpaired) electrons. The number of nitro benzene ring substituents is 1. The van der Waals surface area contributed by atoms with Gasteiger partial charge in [0.1, 0.15) is 5.56 Å². The topological polar surface area (TPSA) is 85.0 Å². The van der Waals surface area contributed by atoms with Crippen LogP contribution < -0.4 is 0 Å². The third kappa shape index (κ3) is 2.36. The van der Waals surface area contributed by atoms with Gasteiger partial charge in [-0.15, -0.1) is 0 Å². The monoisotopic (exact) mass is 284 g/mol. The number of hydrogen-bond donors (Lipinski definition) is 1. The van der Waals surface area contributed by atoms with E-state index in [1.165, 1.54) is 12.1 Å². The number of hydrogen-bond acceptors (Lipinski definition) is 5. The van der Waals surface area contributed by atoms with Gasteiger partial charge >= 0.3 is 0 Å². The lowest BCUT2D eigenvalue weighted by Crippen LogP contribution is -2.26. The lowest BCUT2D eigenvalue weighted by atomic mass is 9.96. The fourth-order valence-electron chi connectivity index (χ4n) is 2.32. The zero-order valence-electron chi connectivity index (χ0n) is 11.0. The summed E-state index contributed by atoms with van der Waals surface area (Å²) in [4.78, 5) is 15.7. The molecule has 0 amide bonds. The van der Waals surface area contributed by atoms with Crippen LogP contribution in [0.5, 0.6) is 0 Å². The van der Waals surface area contributed by atoms with E-state index in [4.69, 9.17) is 4.84 Å². The first-order valence-electron chi connectivity index (χ1n) is 6.37. The van der Waals surface area contributed by atoms with Crippen molar-refractivity contribution in [3.05, 3.63) is 75.8 Å². The predicted molar refractivity (Wildman–Crippen MR) is 75.7 cm³/mol. The van der Waals surface area contributed by atoms with Crippen LogP contribution in [-0.4, -0.2) is 15.7 Å². The summed E-state index contributed by atoms with van der Waals surface area (Å²) >= 11 is 0. The molecule has 1 aliphatic heterocycles. The maximum atomic E-state index is 11.1. The minimum absolute atomic E-state index is 0.0574. The summed E-state index contributed by atoms with van der Waals surface area (Å²) in [6.07, 6.45) is 0.0574. The Balaban J connectivity index is 1.94. The van der Waals surface area contributed by atoms with Gasteiger partial charge in [0, 0.05) is 6.07 Å². The molecule has 6 nitrogen and oxygen atoms in total. The SMILES string of the molecule is O=[N+]([O-])c1ccccc1C1(O)CC(c2ccccc2)=NO1. The lowest BCUT2D eigenvalue weighted by Gasteiger charge is -2.19. The number of nitro groups is 1. The zero-order chi connectivity index (χ0) is 14.9. The molecule has 0 saturated heterocycles. The minimum atomic E-state index is -1.81. The third-order valence-corrected chi connectivity index (χ3v) is 3.34. The molecule has 1 heterocycles. The molecule has 1 N–H and O–H groups in total. The van der Waals surface area contributed by atoms with E-state index >= 15 is 0 Å². The molecule has 106 valence electrons. The summed E-state index contributed by atoms with van der Waals surface area (Å²) < 4.78 is 0. The minimum Gasteiger partial charge on any atom is -0.354 e. The van der Waals surface area contributed by atoms with E-state index in [2.05, 4.69) is 5.16 Å². The largest absolute Gasteiger partial charge is 0.354 e. The van der Waals surface area contributed by atoms with Crippen molar-refractivity contribution in [1.29, 1.82) is 0 Å². The van der Waals surface area contributed by atoms with Gasteiger partial charge in [-0.25, -0.2) is 0 Å². The van der Waals surface area contributed by atoms with Crippen molar-refractivity contribution in [3.8, 4) is 0 Å². The van der Waals surface area contributed by atoms with Crippen LogP contribution in [0.1, 0.15) is 17.5 Å². The molecular weight excluding hydrogens is 272 g/mol. The Morgan fingerprint density at radius 1 is 1.14 bits per heavy atom. The number of aliphatic hydroxyl groups is 1. The molecule has 2 aromatic carbocycles. The van der Waals surface area contributed by atoms with Crippen LogP contribution in [0.25, 0.3) is 0 Å². The average Bonchev–Trinajstić information content (AvgIpc) is 2.92. The second-order valence-electron chi connectivity index (χ2n) is 4.73. The number of benzene rings is 2. The van der Waals surface area contributed by atoms with Crippen molar-refractivity contribution in [3.63, 3.8) is 0 Å². The van der Waals surface area contributed by atoms with Crippen LogP contribution in [0.4, 0.5) is 5.69 Å². The van der Waals surface area contributed by atoms with Crippen molar-refractivity contribution >= 4 is 11.4 Å². The van der Waals surface area contributed by atoms with E-state index in [0.717, 1.165) is 5.56 Å². The van der Waals surface area contributed by atoms with Crippen molar-refractivity contribution in [2.24, 2.45) is 5.16 Å². The normalized spacial score (nSPS) is 20.7. The number of para-hydroxylation sites is 1. The first-order chi connectivity index (χ1) is 10.1. The molecule has 2 aromatic rings. The van der Waals surface area contributed by atoms with Gasteiger partial charge in [0.2, 0.25) is 0 Å². The molecule has 0 aromatic heterocycles. The molecule has 1 unspecified atom stereocenters. The molecule has 1 aliphatic rings. The molecule has 0 fully saturated rings. The van der Waals surface area contributed by atoms with Gasteiger partial charge in [0.05, 0.1) is 17.1 Å². The zero-order valence-corrected chi connectivity index (χ0v) is 11.0. The van der Waals surface area contributed by atoms with E-state index in [9.17, 15) is 15.2 Å². The van der Waals surface area contributed by atoms with Crippen LogP contribution in [0.2, 0.25) is 0 Å². The molecule has 1 atom stereocenters. The van der Waals surface area contributed by atoms with Gasteiger partial charge in [-0.1, -0.05) is 47.6 Å².